The predicted octanol–water partition coefficient (Wildman–Crippen LogP) is 0.251. The zero-order valence-electron chi connectivity index (χ0n) is 9.42. The van der Waals surface area contributed by atoms with Gasteiger partial charge in [-0.05, 0) is 12.1 Å². The summed E-state index contributed by atoms with van der Waals surface area (Å²) in [5, 5.41) is 14.6. The molecule has 18 heavy (non-hydrogen) atoms. The van der Waals surface area contributed by atoms with Crippen molar-refractivity contribution in [1.29, 1.82) is 0 Å². The first-order valence-corrected chi connectivity index (χ1v) is 6.66. The Bertz CT molecular complexity index is 636. The molecule has 2 aromatic rings. The van der Waals surface area contributed by atoms with Gasteiger partial charge in [-0.1, -0.05) is 6.07 Å². The number of para-hydroxylation sites is 1. The number of sulfonamides is 1. The number of H-pyrrole nitrogens is 1. The fourth-order valence-electron chi connectivity index (χ4n) is 1.52. The third-order valence-corrected chi connectivity index (χ3v) is 3.38. The number of primary sulfonamides is 1. The van der Waals surface area contributed by atoms with Gasteiger partial charge in [0, 0.05) is 18.3 Å². The zero-order chi connectivity index (χ0) is 13.2. The van der Waals surface area contributed by atoms with Crippen LogP contribution in [0.4, 0.5) is 11.4 Å². The van der Waals surface area contributed by atoms with Crippen LogP contribution in [0.2, 0.25) is 0 Å². The molecule has 0 aliphatic carbocycles. The van der Waals surface area contributed by atoms with Crippen molar-refractivity contribution in [2.45, 2.75) is 11.4 Å². The highest BCUT2D eigenvalue weighted by Gasteiger charge is 2.14. The molecular formula is C10H13N5O2S. The molecule has 1 aromatic heterocycles. The molecule has 0 spiro atoms. The summed E-state index contributed by atoms with van der Waals surface area (Å²) in [7, 11) is -3.81. The van der Waals surface area contributed by atoms with Crippen LogP contribution in [-0.2, 0) is 16.6 Å². The fraction of sp³-hybridized carbons (Fsp3) is 0.100. The van der Waals surface area contributed by atoms with Gasteiger partial charge in [0.15, 0.2) is 0 Å². The Kier molecular flexibility index (Phi) is 3.21. The zero-order valence-corrected chi connectivity index (χ0v) is 10.2. The van der Waals surface area contributed by atoms with E-state index < -0.39 is 10.0 Å². The average molecular weight is 267 g/mol. The summed E-state index contributed by atoms with van der Waals surface area (Å²) in [6.07, 6.45) is 3.39. The van der Waals surface area contributed by atoms with Gasteiger partial charge >= 0.3 is 0 Å². The Morgan fingerprint density at radius 2 is 2.17 bits per heavy atom. The molecule has 0 saturated heterocycles. The lowest BCUT2D eigenvalue weighted by atomic mass is 10.2. The minimum absolute atomic E-state index is 0.0836. The molecule has 7 nitrogen and oxygen atoms in total. The van der Waals surface area contributed by atoms with Crippen molar-refractivity contribution >= 4 is 21.4 Å². The highest BCUT2D eigenvalue weighted by molar-refractivity contribution is 7.89. The van der Waals surface area contributed by atoms with Crippen LogP contribution < -0.4 is 16.2 Å². The Labute approximate surface area is 104 Å². The lowest BCUT2D eigenvalue weighted by molar-refractivity contribution is 0.598. The Morgan fingerprint density at radius 1 is 1.39 bits per heavy atom. The van der Waals surface area contributed by atoms with Crippen molar-refractivity contribution in [3.63, 3.8) is 0 Å². The van der Waals surface area contributed by atoms with E-state index in [-0.39, 0.29) is 10.6 Å². The Balaban J connectivity index is 2.24. The number of nitrogens with two attached hydrogens (primary N) is 2. The Hall–Kier alpha value is -2.06. The summed E-state index contributed by atoms with van der Waals surface area (Å²) < 4.78 is 22.6. The maximum Gasteiger partial charge on any atom is 0.240 e. The van der Waals surface area contributed by atoms with Crippen LogP contribution in [0.3, 0.4) is 0 Å². The number of hydrogen-bond donors (Lipinski definition) is 4. The topological polar surface area (TPSA) is 127 Å². The third kappa shape index (κ3) is 2.60. The van der Waals surface area contributed by atoms with Crippen molar-refractivity contribution < 1.29 is 8.42 Å². The van der Waals surface area contributed by atoms with Gasteiger partial charge in [-0.15, -0.1) is 0 Å². The van der Waals surface area contributed by atoms with E-state index in [1.54, 1.807) is 24.5 Å². The summed E-state index contributed by atoms with van der Waals surface area (Å²) in [6, 6.07) is 4.63. The molecule has 0 atom stereocenters. The van der Waals surface area contributed by atoms with Crippen molar-refractivity contribution in [3.05, 3.63) is 36.2 Å². The number of nitrogens with zero attached hydrogens (tertiary/aromatic N) is 1. The minimum atomic E-state index is -3.81. The molecule has 1 heterocycles. The van der Waals surface area contributed by atoms with Crippen LogP contribution in [0, 0.1) is 0 Å². The van der Waals surface area contributed by atoms with Gasteiger partial charge in [0.05, 0.1) is 17.6 Å². The molecule has 0 amide bonds. The lowest BCUT2D eigenvalue weighted by Gasteiger charge is -2.11. The first kappa shape index (κ1) is 12.4. The van der Waals surface area contributed by atoms with E-state index in [0.717, 1.165) is 5.56 Å². The van der Waals surface area contributed by atoms with Gasteiger partial charge in [-0.3, -0.25) is 5.10 Å². The summed E-state index contributed by atoms with van der Waals surface area (Å²) >= 11 is 0. The van der Waals surface area contributed by atoms with Crippen molar-refractivity contribution in [3.8, 4) is 0 Å². The molecule has 0 saturated carbocycles. The number of rotatable bonds is 4. The second-order valence-electron chi connectivity index (χ2n) is 3.72. The minimum Gasteiger partial charge on any atom is -0.396 e. The van der Waals surface area contributed by atoms with Gasteiger partial charge in [0.2, 0.25) is 10.0 Å². The molecule has 1 aromatic carbocycles. The smallest absolute Gasteiger partial charge is 0.240 e. The maximum atomic E-state index is 11.3. The molecule has 0 bridgehead atoms. The Morgan fingerprint density at radius 3 is 2.78 bits per heavy atom. The largest absolute Gasteiger partial charge is 0.396 e. The first-order valence-electron chi connectivity index (χ1n) is 5.11. The number of hydrogen-bond acceptors (Lipinski definition) is 5. The van der Waals surface area contributed by atoms with Crippen LogP contribution in [0.15, 0.2) is 35.5 Å². The van der Waals surface area contributed by atoms with Gasteiger partial charge in [-0.2, -0.15) is 5.10 Å². The van der Waals surface area contributed by atoms with Gasteiger partial charge < -0.3 is 11.1 Å². The molecule has 96 valence electrons. The number of aromatic amines is 1. The second-order valence-corrected chi connectivity index (χ2v) is 5.25. The van der Waals surface area contributed by atoms with Crippen molar-refractivity contribution in [2.24, 2.45) is 5.14 Å². The number of nitrogens with one attached hydrogen (secondary N) is 2. The summed E-state index contributed by atoms with van der Waals surface area (Å²) in [5.74, 6) is 0. The quantitative estimate of drug-likeness (QED) is 0.590. The van der Waals surface area contributed by atoms with Crippen molar-refractivity contribution in [2.75, 3.05) is 11.1 Å². The molecule has 8 heteroatoms. The summed E-state index contributed by atoms with van der Waals surface area (Å²) in [5.41, 5.74) is 7.32. The van der Waals surface area contributed by atoms with E-state index >= 15 is 0 Å². The van der Waals surface area contributed by atoms with Crippen LogP contribution >= 0.6 is 0 Å². The van der Waals surface area contributed by atoms with Crippen LogP contribution in [-0.4, -0.2) is 18.6 Å². The van der Waals surface area contributed by atoms with E-state index in [1.165, 1.54) is 6.07 Å². The van der Waals surface area contributed by atoms with E-state index in [2.05, 4.69) is 15.5 Å². The van der Waals surface area contributed by atoms with E-state index in [4.69, 9.17) is 10.9 Å². The lowest BCUT2D eigenvalue weighted by Crippen LogP contribution is -2.15. The molecule has 0 fully saturated rings. The molecule has 2 rings (SSSR count). The standard InChI is InChI=1S/C10H13N5O2S/c11-10-8(13-4-7-5-14-15-6-7)2-1-3-9(10)18(12,16)17/h1-3,5-6,13H,4,11H2,(H,14,15)(H2,12,16,17). The summed E-state index contributed by atoms with van der Waals surface area (Å²) in [4.78, 5) is -0.0836. The van der Waals surface area contributed by atoms with Crippen LogP contribution in [0.25, 0.3) is 0 Å². The highest BCUT2D eigenvalue weighted by atomic mass is 32.2. The van der Waals surface area contributed by atoms with Crippen molar-refractivity contribution in [1.82, 2.24) is 10.2 Å². The van der Waals surface area contributed by atoms with E-state index in [1.807, 2.05) is 0 Å². The SMILES string of the molecule is Nc1c(NCc2cn[nH]c2)cccc1S(N)(=O)=O. The number of anilines is 2. The number of benzene rings is 1. The monoisotopic (exact) mass is 267 g/mol. The molecular weight excluding hydrogens is 254 g/mol. The fourth-order valence-corrected chi connectivity index (χ4v) is 2.20. The van der Waals surface area contributed by atoms with Crippen LogP contribution in [0.5, 0.6) is 0 Å². The molecule has 6 N–H and O–H groups in total. The second kappa shape index (κ2) is 4.67. The molecule has 0 aliphatic heterocycles. The predicted molar refractivity (Wildman–Crippen MR) is 68.1 cm³/mol. The number of aromatic nitrogens is 2. The molecule has 0 radical (unpaired) electrons. The first-order chi connectivity index (χ1) is 8.48. The molecule has 0 unspecified atom stereocenters. The highest BCUT2D eigenvalue weighted by Crippen LogP contribution is 2.25. The normalized spacial score (nSPS) is 11.4. The molecule has 0 aliphatic rings. The van der Waals surface area contributed by atoms with Gasteiger partial charge in [0.1, 0.15) is 4.90 Å². The third-order valence-electron chi connectivity index (χ3n) is 2.41. The summed E-state index contributed by atoms with van der Waals surface area (Å²) in [6.45, 7) is 0.481. The number of nitrogen functional groups attached to an aromatic ring is 1. The van der Waals surface area contributed by atoms with E-state index in [9.17, 15) is 8.42 Å². The van der Waals surface area contributed by atoms with Gasteiger partial charge in [-0.25, -0.2) is 13.6 Å². The van der Waals surface area contributed by atoms with Gasteiger partial charge in [0.25, 0.3) is 0 Å². The van der Waals surface area contributed by atoms with E-state index in [0.29, 0.717) is 12.2 Å². The average Bonchev–Trinajstić information content (AvgIpc) is 2.79. The maximum absolute atomic E-state index is 11.3. The van der Waals surface area contributed by atoms with Crippen LogP contribution in [0.1, 0.15) is 5.56 Å².